The molecule has 3 aromatic heterocycles. The van der Waals surface area contributed by atoms with E-state index in [4.69, 9.17) is 17.2 Å². The topological polar surface area (TPSA) is 89.1 Å². The molecule has 1 saturated heterocycles. The molecule has 1 N–H and O–H groups in total. The van der Waals surface area contributed by atoms with Gasteiger partial charge in [-0.1, -0.05) is 23.9 Å². The van der Waals surface area contributed by atoms with Gasteiger partial charge in [0.1, 0.15) is 0 Å². The second-order valence-corrected chi connectivity index (χ2v) is 11.7. The van der Waals surface area contributed by atoms with E-state index in [0.29, 0.717) is 5.11 Å². The van der Waals surface area contributed by atoms with Crippen LogP contribution in [-0.2, 0) is 6.54 Å². The van der Waals surface area contributed by atoms with Crippen LogP contribution in [0.4, 0.5) is 11.4 Å². The third-order valence-corrected chi connectivity index (χ3v) is 8.82. The molecule has 2 atom stereocenters. The first-order valence-electron chi connectivity index (χ1n) is 13.5. The first-order valence-corrected chi connectivity index (χ1v) is 14.7. The van der Waals surface area contributed by atoms with Crippen LogP contribution in [0.2, 0.25) is 0 Å². The maximum absolute atomic E-state index is 11.0. The van der Waals surface area contributed by atoms with Gasteiger partial charge in [-0.25, -0.2) is 0 Å². The average Bonchev–Trinajstić information content (AvgIpc) is 3.49. The van der Waals surface area contributed by atoms with E-state index in [2.05, 4.69) is 70.0 Å². The minimum Gasteiger partial charge on any atom is -0.351 e. The number of rotatable bonds is 8. The van der Waals surface area contributed by atoms with E-state index < -0.39 is 0 Å². The van der Waals surface area contributed by atoms with E-state index in [9.17, 15) is 10.1 Å². The summed E-state index contributed by atoms with van der Waals surface area (Å²) in [6, 6.07) is 26.9. The van der Waals surface area contributed by atoms with Gasteiger partial charge in [0.05, 0.1) is 22.7 Å². The van der Waals surface area contributed by atoms with E-state index in [1.54, 1.807) is 30.1 Å². The smallest absolute Gasteiger partial charge is 0.269 e. The number of non-ortho nitro benzene ring substituents is 1. The summed E-state index contributed by atoms with van der Waals surface area (Å²) in [5.74, 6) is 0. The molecule has 0 spiro atoms. The molecule has 6 rings (SSSR count). The van der Waals surface area contributed by atoms with Crippen LogP contribution >= 0.6 is 24.0 Å². The van der Waals surface area contributed by atoms with Crippen LogP contribution in [0, 0.1) is 24.0 Å². The summed E-state index contributed by atoms with van der Waals surface area (Å²) in [5.41, 5.74) is 6.64. The molecule has 5 aromatic rings. The Morgan fingerprint density at radius 2 is 1.71 bits per heavy atom. The monoisotopic (exact) mass is 592 g/mol. The van der Waals surface area contributed by atoms with Gasteiger partial charge >= 0.3 is 0 Å². The van der Waals surface area contributed by atoms with Gasteiger partial charge in [0.15, 0.2) is 5.11 Å². The third-order valence-electron chi connectivity index (χ3n) is 7.49. The molecule has 42 heavy (non-hydrogen) atoms. The van der Waals surface area contributed by atoms with E-state index in [1.807, 2.05) is 36.7 Å². The molecule has 10 heteroatoms. The molecule has 0 radical (unpaired) electrons. The Bertz CT molecular complexity index is 1730. The van der Waals surface area contributed by atoms with Crippen LogP contribution in [0.1, 0.15) is 40.3 Å². The lowest BCUT2D eigenvalue weighted by Gasteiger charge is -2.28. The first kappa shape index (κ1) is 27.6. The van der Waals surface area contributed by atoms with Crippen molar-refractivity contribution in [3.8, 4) is 0 Å². The van der Waals surface area contributed by atoms with Crippen molar-refractivity contribution in [2.75, 3.05) is 4.90 Å². The fourth-order valence-electron chi connectivity index (χ4n) is 5.44. The molecule has 0 saturated carbocycles. The maximum atomic E-state index is 11.0. The molecule has 2 aromatic carbocycles. The van der Waals surface area contributed by atoms with Gasteiger partial charge in [-0.05, 0) is 97.9 Å². The summed E-state index contributed by atoms with van der Waals surface area (Å²) in [6.07, 6.45) is 5.51. The number of anilines is 1. The van der Waals surface area contributed by atoms with Crippen molar-refractivity contribution in [3.05, 3.63) is 142 Å². The SMILES string of the molecule is Cc1cc([C@H]2[C@H](c3ccccn3)NC(=S)N2c2ccc(Sc3ccc([N+](=O)[O-])cc3)cc2)c(C)n1Cc1cccnc1. The highest BCUT2D eigenvalue weighted by Gasteiger charge is 2.42. The van der Waals surface area contributed by atoms with E-state index >= 15 is 0 Å². The minimum absolute atomic E-state index is 0.0815. The van der Waals surface area contributed by atoms with Crippen molar-refractivity contribution in [2.45, 2.75) is 42.3 Å². The van der Waals surface area contributed by atoms with Crippen LogP contribution in [-0.4, -0.2) is 24.6 Å². The normalized spacial score (nSPS) is 16.4. The number of hydrogen-bond acceptors (Lipinski definition) is 6. The molecular weight excluding hydrogens is 565 g/mol. The van der Waals surface area contributed by atoms with Gasteiger partial charge < -0.3 is 14.8 Å². The number of thiocarbonyl (C=S) groups is 1. The predicted molar refractivity (Wildman–Crippen MR) is 169 cm³/mol. The summed E-state index contributed by atoms with van der Waals surface area (Å²) in [6.45, 7) is 5.04. The van der Waals surface area contributed by atoms with Gasteiger partial charge in [-0.2, -0.15) is 0 Å². The number of nitrogens with zero attached hydrogens (tertiary/aromatic N) is 5. The second kappa shape index (κ2) is 11.8. The second-order valence-electron chi connectivity index (χ2n) is 10.1. The van der Waals surface area contributed by atoms with Crippen molar-refractivity contribution in [2.24, 2.45) is 0 Å². The lowest BCUT2D eigenvalue weighted by Crippen LogP contribution is -2.29. The van der Waals surface area contributed by atoms with Crippen LogP contribution in [0.3, 0.4) is 0 Å². The number of benzene rings is 2. The predicted octanol–water partition coefficient (Wildman–Crippen LogP) is 7.18. The Kier molecular flexibility index (Phi) is 7.73. The number of aryl methyl sites for hydroxylation is 1. The molecule has 0 aliphatic carbocycles. The van der Waals surface area contributed by atoms with E-state index in [0.717, 1.165) is 33.3 Å². The number of nitro groups is 1. The standard InChI is InChI=1S/C32H28N6O2S2/c1-21-18-28(22(2)36(21)20-23-6-5-16-33-19-23)31-30(29-7-3-4-17-34-29)35-32(41)37(31)24-8-12-26(13-9-24)42-27-14-10-25(11-15-27)38(39)40/h3-19,30-31H,20H2,1-2H3,(H,35,41)/t30-,31-/m0/s1. The molecule has 0 amide bonds. The Morgan fingerprint density at radius 3 is 2.36 bits per heavy atom. The molecule has 0 unspecified atom stereocenters. The van der Waals surface area contributed by atoms with Crippen LogP contribution in [0.15, 0.2) is 113 Å². The molecule has 4 heterocycles. The number of aromatic nitrogens is 3. The van der Waals surface area contributed by atoms with Gasteiger partial charge in [-0.15, -0.1) is 0 Å². The fraction of sp³-hybridized carbons (Fsp3) is 0.156. The molecule has 8 nitrogen and oxygen atoms in total. The summed E-state index contributed by atoms with van der Waals surface area (Å²) in [7, 11) is 0. The van der Waals surface area contributed by atoms with Crippen molar-refractivity contribution >= 4 is 40.5 Å². The van der Waals surface area contributed by atoms with E-state index in [-0.39, 0.29) is 22.7 Å². The van der Waals surface area contributed by atoms with Crippen molar-refractivity contribution in [3.63, 3.8) is 0 Å². The highest BCUT2D eigenvalue weighted by Crippen LogP contribution is 2.44. The largest absolute Gasteiger partial charge is 0.351 e. The Hall–Kier alpha value is -4.54. The highest BCUT2D eigenvalue weighted by atomic mass is 32.2. The zero-order valence-corrected chi connectivity index (χ0v) is 24.7. The van der Waals surface area contributed by atoms with Crippen molar-refractivity contribution < 1.29 is 4.92 Å². The third kappa shape index (κ3) is 5.50. The van der Waals surface area contributed by atoms with Crippen LogP contribution in [0.25, 0.3) is 0 Å². The van der Waals surface area contributed by atoms with Crippen molar-refractivity contribution in [1.29, 1.82) is 0 Å². The Balaban J connectivity index is 1.34. The Morgan fingerprint density at radius 1 is 0.976 bits per heavy atom. The van der Waals surface area contributed by atoms with Gasteiger partial charge in [-0.3, -0.25) is 20.1 Å². The summed E-state index contributed by atoms with van der Waals surface area (Å²) in [5, 5.41) is 15.2. The van der Waals surface area contributed by atoms with Crippen LogP contribution < -0.4 is 10.2 Å². The molecule has 0 bridgehead atoms. The molecule has 1 aliphatic heterocycles. The number of nitrogens with one attached hydrogen (secondary N) is 1. The summed E-state index contributed by atoms with van der Waals surface area (Å²) >= 11 is 7.50. The zero-order valence-electron chi connectivity index (χ0n) is 23.0. The maximum Gasteiger partial charge on any atom is 0.269 e. The number of nitro benzene ring substituents is 1. The van der Waals surface area contributed by atoms with Gasteiger partial charge in [0.25, 0.3) is 5.69 Å². The summed E-state index contributed by atoms with van der Waals surface area (Å²) < 4.78 is 2.32. The number of pyridine rings is 2. The van der Waals surface area contributed by atoms with Gasteiger partial charge in [0, 0.05) is 64.1 Å². The molecule has 1 aliphatic rings. The number of hydrogen-bond donors (Lipinski definition) is 1. The first-order chi connectivity index (χ1) is 20.4. The zero-order chi connectivity index (χ0) is 29.2. The summed E-state index contributed by atoms with van der Waals surface area (Å²) in [4.78, 5) is 23.7. The lowest BCUT2D eigenvalue weighted by atomic mass is 9.96. The quantitative estimate of drug-likeness (QED) is 0.115. The lowest BCUT2D eigenvalue weighted by molar-refractivity contribution is -0.384. The Labute approximate surface area is 253 Å². The molecule has 1 fully saturated rings. The fourth-order valence-corrected chi connectivity index (χ4v) is 6.60. The highest BCUT2D eigenvalue weighted by molar-refractivity contribution is 7.99. The average molecular weight is 593 g/mol. The van der Waals surface area contributed by atoms with Crippen LogP contribution in [0.5, 0.6) is 0 Å². The molecular formula is C32H28N6O2S2. The minimum atomic E-state index is -0.388. The van der Waals surface area contributed by atoms with Gasteiger partial charge in [0.2, 0.25) is 0 Å². The van der Waals surface area contributed by atoms with E-state index in [1.165, 1.54) is 29.1 Å². The van der Waals surface area contributed by atoms with Crippen molar-refractivity contribution in [1.82, 2.24) is 19.9 Å². The molecule has 210 valence electrons.